The molecule has 0 N–H and O–H groups in total. The van der Waals surface area contributed by atoms with Gasteiger partial charge < -0.3 is 0 Å². The molecule has 30 heavy (non-hydrogen) atoms. The van der Waals surface area contributed by atoms with Gasteiger partial charge in [-0.05, 0) is 52.4 Å². The molecule has 0 radical (unpaired) electrons. The maximum absolute atomic E-state index is 2.25. The largest absolute Gasteiger partial charge is 0.0840 e. The first kappa shape index (κ1) is 27.7. The van der Waals surface area contributed by atoms with Gasteiger partial charge in [-0.2, -0.15) is 0 Å². The molecule has 0 bridgehead atoms. The van der Waals surface area contributed by atoms with Crippen molar-refractivity contribution in [2.45, 2.75) is 68.2 Å². The molecule has 0 aromatic rings. The molecule has 0 aromatic heterocycles. The van der Waals surface area contributed by atoms with Crippen LogP contribution in [0.3, 0.4) is 0 Å². The van der Waals surface area contributed by atoms with Crippen LogP contribution in [0.2, 0.25) is 0 Å². The molecule has 0 spiro atoms. The Balaban J connectivity index is 4.57. The molecule has 0 aliphatic carbocycles. The monoisotopic (exact) mass is 404 g/mol. The van der Waals surface area contributed by atoms with Crippen LogP contribution in [0.15, 0.2) is 107 Å². The van der Waals surface area contributed by atoms with Crippen molar-refractivity contribution in [3.63, 3.8) is 0 Å². The molecular formula is C30H44. The van der Waals surface area contributed by atoms with Crippen LogP contribution in [0.1, 0.15) is 68.2 Å². The minimum atomic E-state index is 0.715. The van der Waals surface area contributed by atoms with Gasteiger partial charge in [0.2, 0.25) is 0 Å². The second kappa shape index (κ2) is 17.5. The molecular weight excluding hydrogens is 360 g/mol. The highest BCUT2D eigenvalue weighted by molar-refractivity contribution is 5.31. The first-order chi connectivity index (χ1) is 14.2. The molecule has 0 unspecified atom stereocenters. The first-order valence-electron chi connectivity index (χ1n) is 11.3. The van der Waals surface area contributed by atoms with Crippen molar-refractivity contribution >= 4 is 0 Å². The molecule has 0 aliphatic rings. The van der Waals surface area contributed by atoms with Gasteiger partial charge in [0.05, 0.1) is 0 Å². The highest BCUT2D eigenvalue weighted by atomic mass is 13.9. The summed E-state index contributed by atoms with van der Waals surface area (Å²) in [5.41, 5.74) is 5.02. The van der Waals surface area contributed by atoms with Crippen molar-refractivity contribution in [3.8, 4) is 0 Å². The van der Waals surface area contributed by atoms with Crippen LogP contribution in [0, 0.1) is 11.8 Å². The average Bonchev–Trinajstić information content (AvgIpc) is 2.64. The van der Waals surface area contributed by atoms with Gasteiger partial charge in [-0.25, -0.2) is 0 Å². The SMILES string of the molecule is CC(/C=C/C=C(C)/C=C/CC(C)C)=C\C=C\C=C(C)\C=C\C=C(C)\C=C\CC(C)C. The molecule has 0 nitrogen and oxygen atoms in total. The van der Waals surface area contributed by atoms with Crippen molar-refractivity contribution in [2.75, 3.05) is 0 Å². The van der Waals surface area contributed by atoms with E-state index in [0.29, 0.717) is 11.8 Å². The van der Waals surface area contributed by atoms with E-state index in [-0.39, 0.29) is 0 Å². The van der Waals surface area contributed by atoms with E-state index in [0.717, 1.165) is 12.8 Å². The Morgan fingerprint density at radius 1 is 0.467 bits per heavy atom. The van der Waals surface area contributed by atoms with Crippen molar-refractivity contribution in [1.82, 2.24) is 0 Å². The van der Waals surface area contributed by atoms with Gasteiger partial charge in [0, 0.05) is 0 Å². The summed E-state index contributed by atoms with van der Waals surface area (Å²) in [6.07, 6.45) is 32.4. The lowest BCUT2D eigenvalue weighted by Gasteiger charge is -1.96. The summed E-state index contributed by atoms with van der Waals surface area (Å²) < 4.78 is 0. The van der Waals surface area contributed by atoms with Gasteiger partial charge in [0.1, 0.15) is 0 Å². The normalized spacial score (nSPS) is 15.7. The zero-order valence-corrected chi connectivity index (χ0v) is 20.7. The number of rotatable bonds is 12. The summed E-state index contributed by atoms with van der Waals surface area (Å²) in [5, 5.41) is 0. The average molecular weight is 405 g/mol. The van der Waals surface area contributed by atoms with Crippen LogP contribution in [0.4, 0.5) is 0 Å². The third-order valence-corrected chi connectivity index (χ3v) is 4.24. The fraction of sp³-hybridized carbons (Fsp3) is 0.400. The first-order valence-corrected chi connectivity index (χ1v) is 11.3. The Labute approximate surface area is 187 Å². The number of hydrogen-bond donors (Lipinski definition) is 0. The lowest BCUT2D eigenvalue weighted by atomic mass is 10.1. The fourth-order valence-corrected chi connectivity index (χ4v) is 2.39. The van der Waals surface area contributed by atoms with Gasteiger partial charge in [0.15, 0.2) is 0 Å². The van der Waals surface area contributed by atoms with Gasteiger partial charge in [-0.3, -0.25) is 0 Å². The summed E-state index contributed by atoms with van der Waals surface area (Å²) in [6, 6.07) is 0. The topological polar surface area (TPSA) is 0 Å². The van der Waals surface area contributed by atoms with Crippen LogP contribution >= 0.6 is 0 Å². The quantitative estimate of drug-likeness (QED) is 0.284. The van der Waals surface area contributed by atoms with Crippen LogP contribution in [0.5, 0.6) is 0 Å². The summed E-state index contributed by atoms with van der Waals surface area (Å²) in [4.78, 5) is 0. The Morgan fingerprint density at radius 2 is 0.767 bits per heavy atom. The smallest absolute Gasteiger partial charge is 0.0324 e. The lowest BCUT2D eigenvalue weighted by molar-refractivity contribution is 0.663. The Hall–Kier alpha value is -2.34. The summed E-state index contributed by atoms with van der Waals surface area (Å²) in [5.74, 6) is 1.43. The minimum absolute atomic E-state index is 0.715. The summed E-state index contributed by atoms with van der Waals surface area (Å²) >= 11 is 0. The zero-order valence-electron chi connectivity index (χ0n) is 20.7. The Bertz CT molecular complexity index is 671. The maximum Gasteiger partial charge on any atom is -0.0324 e. The van der Waals surface area contributed by atoms with Crippen LogP contribution in [-0.4, -0.2) is 0 Å². The lowest BCUT2D eigenvalue weighted by Crippen LogP contribution is -1.81. The van der Waals surface area contributed by atoms with E-state index >= 15 is 0 Å². The standard InChI is InChI=1S/C30H44/c1-25(2)15-11-19-29(7)23-13-21-27(5)17-9-10-18-28(6)22-14-24-30(8)20-12-16-26(3)4/h9-14,17-26H,15-16H2,1-8H3/b10-9+,19-11+,20-12+,21-13+,22-14+,27-17+,28-18+,29-23+,30-24+. The predicted molar refractivity (Wildman–Crippen MR) is 140 cm³/mol. The van der Waals surface area contributed by atoms with E-state index in [4.69, 9.17) is 0 Å². The van der Waals surface area contributed by atoms with Crippen molar-refractivity contribution in [2.24, 2.45) is 11.8 Å². The number of hydrogen-bond acceptors (Lipinski definition) is 0. The Kier molecular flexibility index (Phi) is 16.1. The van der Waals surface area contributed by atoms with E-state index in [1.54, 1.807) is 0 Å². The molecule has 0 saturated heterocycles. The molecule has 0 heterocycles. The molecule has 0 atom stereocenters. The van der Waals surface area contributed by atoms with Gasteiger partial charge in [-0.1, -0.05) is 135 Å². The van der Waals surface area contributed by atoms with Crippen LogP contribution in [0.25, 0.3) is 0 Å². The molecule has 0 saturated carbocycles. The van der Waals surface area contributed by atoms with E-state index in [9.17, 15) is 0 Å². The molecule has 0 rings (SSSR count). The van der Waals surface area contributed by atoms with E-state index in [2.05, 4.69) is 140 Å². The van der Waals surface area contributed by atoms with Gasteiger partial charge in [0.25, 0.3) is 0 Å². The molecule has 0 amide bonds. The molecule has 164 valence electrons. The van der Waals surface area contributed by atoms with E-state index < -0.39 is 0 Å². The van der Waals surface area contributed by atoms with Crippen LogP contribution < -0.4 is 0 Å². The Morgan fingerprint density at radius 3 is 1.10 bits per heavy atom. The minimum Gasteiger partial charge on any atom is -0.0840 e. The molecule has 0 aromatic carbocycles. The van der Waals surface area contributed by atoms with Gasteiger partial charge >= 0.3 is 0 Å². The predicted octanol–water partition coefficient (Wildman–Crippen LogP) is 9.64. The van der Waals surface area contributed by atoms with Crippen LogP contribution in [-0.2, 0) is 0 Å². The second-order valence-electron chi connectivity index (χ2n) is 8.81. The van der Waals surface area contributed by atoms with Gasteiger partial charge in [-0.15, -0.1) is 0 Å². The van der Waals surface area contributed by atoms with Crippen molar-refractivity contribution in [3.05, 3.63) is 107 Å². The molecule has 0 aliphatic heterocycles. The second-order valence-corrected chi connectivity index (χ2v) is 8.81. The van der Waals surface area contributed by atoms with E-state index in [1.807, 2.05) is 0 Å². The highest BCUT2D eigenvalue weighted by Crippen LogP contribution is 2.06. The van der Waals surface area contributed by atoms with E-state index in [1.165, 1.54) is 22.3 Å². The maximum atomic E-state index is 2.25. The highest BCUT2D eigenvalue weighted by Gasteiger charge is 1.88. The fourth-order valence-electron chi connectivity index (χ4n) is 2.39. The van der Waals surface area contributed by atoms with Crippen molar-refractivity contribution in [1.29, 1.82) is 0 Å². The summed E-state index contributed by atoms with van der Waals surface area (Å²) in [6.45, 7) is 17.5. The number of allylic oxidation sites excluding steroid dienone is 18. The molecule has 0 heteroatoms. The molecule has 0 fully saturated rings. The zero-order chi connectivity index (χ0) is 22.8. The summed E-state index contributed by atoms with van der Waals surface area (Å²) in [7, 11) is 0. The third-order valence-electron chi connectivity index (χ3n) is 4.24. The third kappa shape index (κ3) is 19.0. The van der Waals surface area contributed by atoms with Crippen molar-refractivity contribution < 1.29 is 0 Å².